The van der Waals surface area contributed by atoms with E-state index in [0.29, 0.717) is 22.8 Å². The number of hydrogen-bond donors (Lipinski definition) is 0. The molecule has 1 atom stereocenters. The fraction of sp³-hybridized carbons (Fsp3) is 0.375. The van der Waals surface area contributed by atoms with Crippen molar-refractivity contribution in [3.63, 3.8) is 0 Å². The van der Waals surface area contributed by atoms with Crippen molar-refractivity contribution in [2.45, 2.75) is 40.0 Å². The highest BCUT2D eigenvalue weighted by Gasteiger charge is 2.10. The first kappa shape index (κ1) is 14.8. The molecule has 1 aromatic carbocycles. The third-order valence-electron chi connectivity index (χ3n) is 3.43. The molecule has 20 heavy (non-hydrogen) atoms. The molecule has 0 amide bonds. The van der Waals surface area contributed by atoms with Gasteiger partial charge in [-0.3, -0.25) is 0 Å². The van der Waals surface area contributed by atoms with E-state index in [4.69, 9.17) is 16.3 Å². The Morgan fingerprint density at radius 1 is 1.15 bits per heavy atom. The number of hydrogen-bond acceptors (Lipinski definition) is 3. The van der Waals surface area contributed by atoms with Gasteiger partial charge in [0.2, 0.25) is 5.88 Å². The van der Waals surface area contributed by atoms with E-state index in [1.54, 1.807) is 6.92 Å². The first-order valence-corrected chi connectivity index (χ1v) is 7.17. The number of aromatic nitrogens is 2. The summed E-state index contributed by atoms with van der Waals surface area (Å²) in [5.74, 6) is 2.43. The SMILES string of the molecule is CCC(C)c1ccc(Oc2nc(C)nc(Cl)c2C)cc1. The molecule has 0 saturated carbocycles. The number of benzene rings is 1. The lowest BCUT2D eigenvalue weighted by atomic mass is 9.99. The summed E-state index contributed by atoms with van der Waals surface area (Å²) in [7, 11) is 0. The van der Waals surface area contributed by atoms with E-state index in [-0.39, 0.29) is 0 Å². The molecule has 0 bridgehead atoms. The van der Waals surface area contributed by atoms with Gasteiger partial charge in [0.05, 0.1) is 0 Å². The van der Waals surface area contributed by atoms with Gasteiger partial charge in [-0.25, -0.2) is 4.98 Å². The van der Waals surface area contributed by atoms with Gasteiger partial charge in [0.1, 0.15) is 16.7 Å². The fourth-order valence-corrected chi connectivity index (χ4v) is 2.08. The van der Waals surface area contributed by atoms with Gasteiger partial charge in [0, 0.05) is 5.56 Å². The average Bonchev–Trinajstić information content (AvgIpc) is 2.44. The maximum atomic E-state index is 6.04. The Kier molecular flexibility index (Phi) is 4.61. The molecule has 0 spiro atoms. The molecule has 0 aliphatic heterocycles. The Labute approximate surface area is 125 Å². The molecule has 0 aliphatic rings. The Morgan fingerprint density at radius 3 is 2.40 bits per heavy atom. The molecule has 0 N–H and O–H groups in total. The molecule has 0 saturated heterocycles. The zero-order valence-electron chi connectivity index (χ0n) is 12.3. The van der Waals surface area contributed by atoms with Gasteiger partial charge in [-0.05, 0) is 43.9 Å². The lowest BCUT2D eigenvalue weighted by Gasteiger charge is -2.12. The van der Waals surface area contributed by atoms with E-state index in [2.05, 4.69) is 35.9 Å². The smallest absolute Gasteiger partial charge is 0.226 e. The largest absolute Gasteiger partial charge is 0.439 e. The first-order chi connectivity index (χ1) is 9.51. The molecule has 3 nitrogen and oxygen atoms in total. The third kappa shape index (κ3) is 3.28. The standard InChI is InChI=1S/C16H19ClN2O/c1-5-10(2)13-6-8-14(9-7-13)20-16-11(3)15(17)18-12(4)19-16/h6-10H,5H2,1-4H3. The monoisotopic (exact) mass is 290 g/mol. The molecule has 1 unspecified atom stereocenters. The highest BCUT2D eigenvalue weighted by Crippen LogP contribution is 2.28. The second kappa shape index (κ2) is 6.23. The Morgan fingerprint density at radius 2 is 1.80 bits per heavy atom. The first-order valence-electron chi connectivity index (χ1n) is 6.79. The second-order valence-corrected chi connectivity index (χ2v) is 5.33. The minimum Gasteiger partial charge on any atom is -0.439 e. The Bertz CT molecular complexity index is 596. The minimum atomic E-state index is 0.434. The van der Waals surface area contributed by atoms with E-state index >= 15 is 0 Å². The topological polar surface area (TPSA) is 35.0 Å². The summed E-state index contributed by atoms with van der Waals surface area (Å²) in [6.45, 7) is 8.05. The van der Waals surface area contributed by atoms with Crippen LogP contribution in [0.1, 0.15) is 43.1 Å². The van der Waals surface area contributed by atoms with Crippen LogP contribution >= 0.6 is 11.6 Å². The lowest BCUT2D eigenvalue weighted by molar-refractivity contribution is 0.455. The summed E-state index contributed by atoms with van der Waals surface area (Å²) < 4.78 is 5.80. The van der Waals surface area contributed by atoms with Crippen molar-refractivity contribution in [1.29, 1.82) is 0 Å². The van der Waals surface area contributed by atoms with E-state index in [1.807, 2.05) is 19.1 Å². The van der Waals surface area contributed by atoms with Crippen molar-refractivity contribution in [1.82, 2.24) is 9.97 Å². The van der Waals surface area contributed by atoms with Crippen LogP contribution in [0.4, 0.5) is 0 Å². The number of aryl methyl sites for hydroxylation is 1. The molecule has 1 heterocycles. The van der Waals surface area contributed by atoms with Crippen molar-refractivity contribution < 1.29 is 4.74 Å². The van der Waals surface area contributed by atoms with Gasteiger partial charge in [-0.1, -0.05) is 37.6 Å². The molecule has 0 aliphatic carbocycles. The van der Waals surface area contributed by atoms with Crippen molar-refractivity contribution in [3.8, 4) is 11.6 Å². The number of ether oxygens (including phenoxy) is 1. The molecule has 4 heteroatoms. The van der Waals surface area contributed by atoms with Crippen molar-refractivity contribution in [2.75, 3.05) is 0 Å². The van der Waals surface area contributed by atoms with E-state index in [1.165, 1.54) is 5.56 Å². The summed E-state index contributed by atoms with van der Waals surface area (Å²) in [6, 6.07) is 8.11. The maximum Gasteiger partial charge on any atom is 0.226 e. The van der Waals surface area contributed by atoms with Crippen LogP contribution in [0.3, 0.4) is 0 Å². The molecule has 0 fully saturated rings. The Hall–Kier alpha value is -1.61. The maximum absolute atomic E-state index is 6.04. The normalized spacial score (nSPS) is 12.2. The quantitative estimate of drug-likeness (QED) is 0.739. The van der Waals surface area contributed by atoms with Crippen LogP contribution in [0.2, 0.25) is 5.15 Å². The molecule has 2 aromatic rings. The van der Waals surface area contributed by atoms with Gasteiger partial charge in [0.25, 0.3) is 0 Å². The summed E-state index contributed by atoms with van der Waals surface area (Å²) in [5.41, 5.74) is 2.07. The van der Waals surface area contributed by atoms with Crippen LogP contribution in [0.15, 0.2) is 24.3 Å². The summed E-state index contributed by atoms with van der Waals surface area (Å²) >= 11 is 6.04. The van der Waals surface area contributed by atoms with Gasteiger partial charge in [0.15, 0.2) is 0 Å². The molecular weight excluding hydrogens is 272 g/mol. The number of nitrogens with zero attached hydrogens (tertiary/aromatic N) is 2. The second-order valence-electron chi connectivity index (χ2n) is 4.97. The van der Waals surface area contributed by atoms with Crippen LogP contribution in [-0.4, -0.2) is 9.97 Å². The van der Waals surface area contributed by atoms with E-state index < -0.39 is 0 Å². The lowest BCUT2D eigenvalue weighted by Crippen LogP contribution is -1.98. The average molecular weight is 291 g/mol. The molecular formula is C16H19ClN2O. The molecule has 2 rings (SSSR count). The third-order valence-corrected chi connectivity index (χ3v) is 3.80. The molecule has 106 valence electrons. The summed E-state index contributed by atoms with van der Waals surface area (Å²) in [5, 5.41) is 0.434. The highest BCUT2D eigenvalue weighted by atomic mass is 35.5. The predicted octanol–water partition coefficient (Wildman–Crippen LogP) is 5.05. The number of halogens is 1. The fourth-order valence-electron chi connectivity index (χ4n) is 1.88. The zero-order chi connectivity index (χ0) is 14.7. The van der Waals surface area contributed by atoms with Crippen LogP contribution in [0.25, 0.3) is 0 Å². The van der Waals surface area contributed by atoms with Crippen LogP contribution < -0.4 is 4.74 Å². The van der Waals surface area contributed by atoms with Gasteiger partial charge < -0.3 is 4.74 Å². The van der Waals surface area contributed by atoms with Crippen molar-refractivity contribution in [2.24, 2.45) is 0 Å². The summed E-state index contributed by atoms with van der Waals surface area (Å²) in [4.78, 5) is 8.38. The van der Waals surface area contributed by atoms with Crippen LogP contribution in [-0.2, 0) is 0 Å². The molecule has 0 radical (unpaired) electrons. The van der Waals surface area contributed by atoms with E-state index in [0.717, 1.165) is 17.7 Å². The van der Waals surface area contributed by atoms with E-state index in [9.17, 15) is 0 Å². The molecule has 1 aromatic heterocycles. The van der Waals surface area contributed by atoms with Gasteiger partial charge >= 0.3 is 0 Å². The highest BCUT2D eigenvalue weighted by molar-refractivity contribution is 6.30. The summed E-state index contributed by atoms with van der Waals surface area (Å²) in [6.07, 6.45) is 1.13. The van der Waals surface area contributed by atoms with Crippen LogP contribution in [0.5, 0.6) is 11.6 Å². The van der Waals surface area contributed by atoms with Gasteiger partial charge in [-0.2, -0.15) is 4.98 Å². The Balaban J connectivity index is 2.22. The van der Waals surface area contributed by atoms with Crippen molar-refractivity contribution >= 4 is 11.6 Å². The van der Waals surface area contributed by atoms with Crippen LogP contribution in [0, 0.1) is 13.8 Å². The zero-order valence-corrected chi connectivity index (χ0v) is 13.0. The minimum absolute atomic E-state index is 0.434. The van der Waals surface area contributed by atoms with Crippen molar-refractivity contribution in [3.05, 3.63) is 46.4 Å². The predicted molar refractivity (Wildman–Crippen MR) is 81.7 cm³/mol. The van der Waals surface area contributed by atoms with Gasteiger partial charge in [-0.15, -0.1) is 0 Å². The number of rotatable bonds is 4.